The molecule has 1 aliphatic heterocycles. The highest BCUT2D eigenvalue weighted by Gasteiger charge is 2.50. The van der Waals surface area contributed by atoms with Gasteiger partial charge in [-0.15, -0.1) is 0 Å². The molecule has 1 heterocycles. The Kier molecular flexibility index (Phi) is 3.56. The molecule has 114 valence electrons. The lowest BCUT2D eigenvalue weighted by atomic mass is 9.98. The van der Waals surface area contributed by atoms with E-state index in [9.17, 15) is 23.1 Å². The number of amides is 1. The van der Waals surface area contributed by atoms with Gasteiger partial charge in [0.05, 0.1) is 6.42 Å². The van der Waals surface area contributed by atoms with E-state index in [0.29, 0.717) is 11.3 Å². The molecule has 0 bridgehead atoms. The van der Waals surface area contributed by atoms with Crippen LogP contribution in [-0.2, 0) is 9.63 Å². The van der Waals surface area contributed by atoms with Crippen molar-refractivity contribution in [2.75, 3.05) is 5.32 Å². The van der Waals surface area contributed by atoms with Gasteiger partial charge in [0.15, 0.2) is 5.71 Å². The number of oxime groups is 1. The Morgan fingerprint density at radius 2 is 2.14 bits per heavy atom. The van der Waals surface area contributed by atoms with Crippen molar-refractivity contribution in [3.05, 3.63) is 23.8 Å². The number of phenolic OH excluding ortho intramolecular Hbond substituents is 1. The third-order valence-electron chi connectivity index (χ3n) is 3.13. The van der Waals surface area contributed by atoms with E-state index < -0.39 is 29.8 Å². The Morgan fingerprint density at radius 1 is 1.48 bits per heavy atom. The maximum atomic E-state index is 12.5. The molecule has 1 unspecified atom stereocenters. The second-order valence-corrected chi connectivity index (χ2v) is 4.99. The van der Waals surface area contributed by atoms with Crippen molar-refractivity contribution >= 4 is 17.3 Å². The highest BCUT2D eigenvalue weighted by atomic mass is 19.4. The molecule has 1 atom stereocenters. The number of carbonyl (C=O) groups excluding carboxylic acids is 1. The molecular formula is C13H13F3N2O3. The van der Waals surface area contributed by atoms with Crippen LogP contribution in [0.5, 0.6) is 5.75 Å². The SMILES string of the molecule is Cc1cc(O)ccc1NC(=O)C1(C)CC(C(F)(F)F)=NO1. The smallest absolute Gasteiger partial charge is 0.432 e. The second-order valence-electron chi connectivity index (χ2n) is 4.99. The summed E-state index contributed by atoms with van der Waals surface area (Å²) in [4.78, 5) is 16.8. The van der Waals surface area contributed by atoms with E-state index in [4.69, 9.17) is 0 Å². The Hall–Kier alpha value is -2.25. The molecule has 1 amide bonds. The van der Waals surface area contributed by atoms with E-state index in [2.05, 4.69) is 15.3 Å². The van der Waals surface area contributed by atoms with Crippen LogP contribution in [0.1, 0.15) is 18.9 Å². The quantitative estimate of drug-likeness (QED) is 0.825. The van der Waals surface area contributed by atoms with Crippen molar-refractivity contribution < 1.29 is 27.9 Å². The normalized spacial score (nSPS) is 21.7. The summed E-state index contributed by atoms with van der Waals surface area (Å²) >= 11 is 0. The van der Waals surface area contributed by atoms with Gasteiger partial charge in [0.1, 0.15) is 5.75 Å². The molecule has 0 saturated heterocycles. The van der Waals surface area contributed by atoms with E-state index in [0.717, 1.165) is 0 Å². The predicted octanol–water partition coefficient (Wildman–Crippen LogP) is 2.74. The fourth-order valence-corrected chi connectivity index (χ4v) is 1.86. The molecule has 0 spiro atoms. The molecule has 0 radical (unpaired) electrons. The molecule has 0 saturated carbocycles. The van der Waals surface area contributed by atoms with Crippen LogP contribution in [0.3, 0.4) is 0 Å². The minimum absolute atomic E-state index is 0.0246. The molecule has 2 N–H and O–H groups in total. The van der Waals surface area contributed by atoms with Crippen LogP contribution >= 0.6 is 0 Å². The van der Waals surface area contributed by atoms with Gasteiger partial charge in [0.2, 0.25) is 5.60 Å². The van der Waals surface area contributed by atoms with Crippen molar-refractivity contribution in [3.63, 3.8) is 0 Å². The zero-order valence-electron chi connectivity index (χ0n) is 11.3. The lowest BCUT2D eigenvalue weighted by Gasteiger charge is -2.21. The van der Waals surface area contributed by atoms with Gasteiger partial charge in [-0.05, 0) is 37.6 Å². The minimum Gasteiger partial charge on any atom is -0.508 e. The molecule has 1 aliphatic rings. The number of nitrogens with one attached hydrogen (secondary N) is 1. The third kappa shape index (κ3) is 3.09. The predicted molar refractivity (Wildman–Crippen MR) is 69.1 cm³/mol. The Morgan fingerprint density at radius 3 is 2.67 bits per heavy atom. The number of anilines is 1. The first-order chi connectivity index (χ1) is 9.62. The monoisotopic (exact) mass is 302 g/mol. The van der Waals surface area contributed by atoms with E-state index in [1.807, 2.05) is 0 Å². The first kappa shape index (κ1) is 15.1. The van der Waals surface area contributed by atoms with Gasteiger partial charge >= 0.3 is 6.18 Å². The lowest BCUT2D eigenvalue weighted by molar-refractivity contribution is -0.135. The van der Waals surface area contributed by atoms with Crippen molar-refractivity contribution in [3.8, 4) is 5.75 Å². The number of phenols is 1. The van der Waals surface area contributed by atoms with Crippen LogP contribution in [-0.4, -0.2) is 28.5 Å². The number of aromatic hydroxyl groups is 1. The van der Waals surface area contributed by atoms with Gasteiger partial charge in [-0.3, -0.25) is 4.79 Å². The number of alkyl halides is 3. The fraction of sp³-hybridized carbons (Fsp3) is 0.385. The molecule has 21 heavy (non-hydrogen) atoms. The molecule has 5 nitrogen and oxygen atoms in total. The van der Waals surface area contributed by atoms with E-state index in [1.165, 1.54) is 25.1 Å². The molecule has 1 aromatic rings. The number of halogens is 3. The van der Waals surface area contributed by atoms with Gasteiger partial charge in [0.25, 0.3) is 5.91 Å². The van der Waals surface area contributed by atoms with Crippen molar-refractivity contribution in [2.24, 2.45) is 5.16 Å². The first-order valence-electron chi connectivity index (χ1n) is 6.05. The van der Waals surface area contributed by atoms with Gasteiger partial charge in [0, 0.05) is 5.69 Å². The summed E-state index contributed by atoms with van der Waals surface area (Å²) in [6, 6.07) is 4.23. The molecule has 8 heteroatoms. The Balaban J connectivity index is 2.11. The largest absolute Gasteiger partial charge is 0.508 e. The third-order valence-corrected chi connectivity index (χ3v) is 3.13. The molecule has 0 aliphatic carbocycles. The maximum absolute atomic E-state index is 12.5. The summed E-state index contributed by atoms with van der Waals surface area (Å²) in [6.45, 7) is 2.88. The number of hydrogen-bond acceptors (Lipinski definition) is 4. The maximum Gasteiger partial charge on any atom is 0.432 e. The highest BCUT2D eigenvalue weighted by Crippen LogP contribution is 2.33. The lowest BCUT2D eigenvalue weighted by Crippen LogP contribution is -2.41. The molecule has 1 aromatic carbocycles. The zero-order chi connectivity index (χ0) is 15.8. The molecule has 0 aromatic heterocycles. The van der Waals surface area contributed by atoms with E-state index >= 15 is 0 Å². The number of hydrogen-bond donors (Lipinski definition) is 2. The van der Waals surface area contributed by atoms with E-state index in [-0.39, 0.29) is 5.75 Å². The summed E-state index contributed by atoms with van der Waals surface area (Å²) in [5.41, 5.74) is -1.89. The summed E-state index contributed by atoms with van der Waals surface area (Å²) in [5.74, 6) is -0.712. The Bertz CT molecular complexity index is 613. The molecule has 0 fully saturated rings. The Labute approximate surface area is 118 Å². The second kappa shape index (κ2) is 4.94. The van der Waals surface area contributed by atoms with Crippen LogP contribution in [0, 0.1) is 6.92 Å². The highest BCUT2D eigenvalue weighted by molar-refractivity contribution is 6.03. The summed E-state index contributed by atoms with van der Waals surface area (Å²) in [5, 5.41) is 14.7. The zero-order valence-corrected chi connectivity index (χ0v) is 11.3. The summed E-state index contributed by atoms with van der Waals surface area (Å²) in [7, 11) is 0. The first-order valence-corrected chi connectivity index (χ1v) is 6.05. The van der Waals surface area contributed by atoms with Crippen LogP contribution < -0.4 is 5.32 Å². The van der Waals surface area contributed by atoms with E-state index in [1.54, 1.807) is 6.92 Å². The average molecular weight is 302 g/mol. The van der Waals surface area contributed by atoms with Gasteiger partial charge in [-0.2, -0.15) is 13.2 Å². The standard InChI is InChI=1S/C13H13F3N2O3/c1-7-5-8(19)3-4-9(7)17-11(20)12(2)6-10(18-21-12)13(14,15)16/h3-5,19H,6H2,1-2H3,(H,17,20). The summed E-state index contributed by atoms with van der Waals surface area (Å²) < 4.78 is 37.6. The number of nitrogens with zero attached hydrogens (tertiary/aromatic N) is 1. The number of rotatable bonds is 2. The van der Waals surface area contributed by atoms with Crippen LogP contribution in [0.4, 0.5) is 18.9 Å². The topological polar surface area (TPSA) is 70.9 Å². The molecular weight excluding hydrogens is 289 g/mol. The minimum atomic E-state index is -4.62. The number of benzene rings is 1. The van der Waals surface area contributed by atoms with Crippen molar-refractivity contribution in [1.82, 2.24) is 0 Å². The molecule has 2 rings (SSSR count). The fourth-order valence-electron chi connectivity index (χ4n) is 1.86. The van der Waals surface area contributed by atoms with Gasteiger partial charge < -0.3 is 15.3 Å². The van der Waals surface area contributed by atoms with Crippen LogP contribution in [0.15, 0.2) is 23.4 Å². The van der Waals surface area contributed by atoms with Crippen molar-refractivity contribution in [2.45, 2.75) is 32.0 Å². The van der Waals surface area contributed by atoms with Gasteiger partial charge in [-0.25, -0.2) is 0 Å². The number of aryl methyl sites for hydroxylation is 1. The summed E-state index contributed by atoms with van der Waals surface area (Å²) in [6.07, 6.45) is -5.27. The number of carbonyl (C=O) groups is 1. The van der Waals surface area contributed by atoms with Crippen LogP contribution in [0.2, 0.25) is 0 Å². The van der Waals surface area contributed by atoms with Gasteiger partial charge in [-0.1, -0.05) is 5.16 Å². The van der Waals surface area contributed by atoms with Crippen molar-refractivity contribution in [1.29, 1.82) is 0 Å². The van der Waals surface area contributed by atoms with Crippen LogP contribution in [0.25, 0.3) is 0 Å². The average Bonchev–Trinajstić information content (AvgIpc) is 2.77.